The lowest BCUT2D eigenvalue weighted by Crippen LogP contribution is -1.97. The molecule has 2 rings (SSSR count). The molecular formula is C12H11NO. The summed E-state index contributed by atoms with van der Waals surface area (Å²) < 4.78 is 0. The molecule has 0 saturated carbocycles. The fourth-order valence-corrected chi connectivity index (χ4v) is 1.74. The molecule has 2 nitrogen and oxygen atoms in total. The molecule has 0 spiro atoms. The summed E-state index contributed by atoms with van der Waals surface area (Å²) in [7, 11) is 0. The van der Waals surface area contributed by atoms with Gasteiger partial charge in [-0.15, -0.1) is 0 Å². The molecule has 0 aliphatic carbocycles. The Bertz CT molecular complexity index is 503. The second kappa shape index (κ2) is 3.22. The molecule has 0 aliphatic heterocycles. The molecule has 0 radical (unpaired) electrons. The Balaban J connectivity index is 2.90. The minimum Gasteiger partial charge on any atom is -0.294 e. The van der Waals surface area contributed by atoms with E-state index in [1.54, 1.807) is 19.3 Å². The van der Waals surface area contributed by atoms with Gasteiger partial charge in [-0.2, -0.15) is 0 Å². The molecular weight excluding hydrogens is 174 g/mol. The number of aryl methyl sites for hydroxylation is 1. The minimum absolute atomic E-state index is 0.110. The van der Waals surface area contributed by atoms with Gasteiger partial charge in [-0.3, -0.25) is 9.78 Å². The number of hydrogen-bond acceptors (Lipinski definition) is 2. The summed E-state index contributed by atoms with van der Waals surface area (Å²) in [6.45, 7) is 3.55. The van der Waals surface area contributed by atoms with E-state index < -0.39 is 0 Å². The minimum atomic E-state index is 0.110. The monoisotopic (exact) mass is 185 g/mol. The molecule has 1 aromatic carbocycles. The molecule has 0 N–H and O–H groups in total. The second-order valence-corrected chi connectivity index (χ2v) is 3.41. The summed E-state index contributed by atoms with van der Waals surface area (Å²) in [5.74, 6) is 0.110. The molecule has 2 heteroatoms. The van der Waals surface area contributed by atoms with Crippen LogP contribution in [-0.2, 0) is 0 Å². The second-order valence-electron chi connectivity index (χ2n) is 3.41. The van der Waals surface area contributed by atoms with E-state index in [0.717, 1.165) is 21.9 Å². The van der Waals surface area contributed by atoms with Crippen LogP contribution in [0.15, 0.2) is 30.6 Å². The van der Waals surface area contributed by atoms with Gasteiger partial charge in [0.05, 0.1) is 0 Å². The van der Waals surface area contributed by atoms with Crippen LogP contribution >= 0.6 is 0 Å². The number of fused-ring (bicyclic) bond motifs is 1. The van der Waals surface area contributed by atoms with Crippen molar-refractivity contribution in [3.63, 3.8) is 0 Å². The van der Waals surface area contributed by atoms with Gasteiger partial charge in [0, 0.05) is 23.3 Å². The highest BCUT2D eigenvalue weighted by Gasteiger charge is 2.08. The Morgan fingerprint density at radius 3 is 2.79 bits per heavy atom. The van der Waals surface area contributed by atoms with E-state index in [2.05, 4.69) is 4.98 Å². The van der Waals surface area contributed by atoms with Crippen LogP contribution in [0.1, 0.15) is 22.8 Å². The third-order valence-electron chi connectivity index (χ3n) is 2.38. The van der Waals surface area contributed by atoms with Crippen molar-refractivity contribution in [2.45, 2.75) is 13.8 Å². The van der Waals surface area contributed by atoms with Crippen LogP contribution in [0.25, 0.3) is 10.8 Å². The zero-order valence-corrected chi connectivity index (χ0v) is 8.24. The quantitative estimate of drug-likeness (QED) is 0.639. The van der Waals surface area contributed by atoms with Crippen LogP contribution in [0.5, 0.6) is 0 Å². The standard InChI is InChI=1S/C12H11NO/c1-8-3-4-10-7-13-6-5-11(10)12(8)9(2)14/h3-7H,1-2H3. The summed E-state index contributed by atoms with van der Waals surface area (Å²) in [5, 5.41) is 2.01. The molecule has 0 aliphatic rings. The first-order valence-electron chi connectivity index (χ1n) is 4.54. The van der Waals surface area contributed by atoms with Crippen LogP contribution in [0.2, 0.25) is 0 Å². The van der Waals surface area contributed by atoms with Gasteiger partial charge in [0.25, 0.3) is 0 Å². The first-order chi connectivity index (χ1) is 6.70. The molecule has 0 amide bonds. The number of aromatic nitrogens is 1. The maximum Gasteiger partial charge on any atom is 0.160 e. The van der Waals surface area contributed by atoms with E-state index in [1.165, 1.54) is 0 Å². The van der Waals surface area contributed by atoms with Crippen LogP contribution in [-0.4, -0.2) is 10.8 Å². The zero-order valence-electron chi connectivity index (χ0n) is 8.24. The molecule has 0 atom stereocenters. The van der Waals surface area contributed by atoms with Crippen molar-refractivity contribution < 1.29 is 4.79 Å². The highest BCUT2D eigenvalue weighted by molar-refractivity contribution is 6.08. The van der Waals surface area contributed by atoms with Crippen LogP contribution < -0.4 is 0 Å². The van der Waals surface area contributed by atoms with Crippen molar-refractivity contribution in [2.75, 3.05) is 0 Å². The van der Waals surface area contributed by atoms with Crippen molar-refractivity contribution in [1.29, 1.82) is 0 Å². The fourth-order valence-electron chi connectivity index (χ4n) is 1.74. The molecule has 0 bridgehead atoms. The first-order valence-corrected chi connectivity index (χ1v) is 4.54. The van der Waals surface area contributed by atoms with Crippen molar-refractivity contribution in [1.82, 2.24) is 4.98 Å². The Labute approximate surface area is 82.6 Å². The highest BCUT2D eigenvalue weighted by atomic mass is 16.1. The van der Waals surface area contributed by atoms with E-state index in [1.807, 2.05) is 25.1 Å². The Morgan fingerprint density at radius 2 is 2.07 bits per heavy atom. The topological polar surface area (TPSA) is 30.0 Å². The van der Waals surface area contributed by atoms with Gasteiger partial charge in [0.2, 0.25) is 0 Å². The Morgan fingerprint density at radius 1 is 1.29 bits per heavy atom. The van der Waals surface area contributed by atoms with Crippen molar-refractivity contribution in [3.8, 4) is 0 Å². The lowest BCUT2D eigenvalue weighted by Gasteiger charge is -2.05. The van der Waals surface area contributed by atoms with Gasteiger partial charge in [0.1, 0.15) is 0 Å². The summed E-state index contributed by atoms with van der Waals surface area (Å²) in [6.07, 6.45) is 3.50. The number of carbonyl (C=O) groups excluding carboxylic acids is 1. The van der Waals surface area contributed by atoms with Crippen molar-refractivity contribution in [2.24, 2.45) is 0 Å². The lowest BCUT2D eigenvalue weighted by atomic mass is 9.99. The molecule has 2 aromatic rings. The van der Waals surface area contributed by atoms with Crippen molar-refractivity contribution in [3.05, 3.63) is 41.7 Å². The average molecular weight is 185 g/mol. The number of benzene rings is 1. The van der Waals surface area contributed by atoms with E-state index in [9.17, 15) is 4.79 Å². The predicted octanol–water partition coefficient (Wildman–Crippen LogP) is 2.75. The van der Waals surface area contributed by atoms with Crippen LogP contribution in [0.4, 0.5) is 0 Å². The smallest absolute Gasteiger partial charge is 0.160 e. The summed E-state index contributed by atoms with van der Waals surface area (Å²) in [4.78, 5) is 15.5. The van der Waals surface area contributed by atoms with E-state index in [0.29, 0.717) is 0 Å². The zero-order chi connectivity index (χ0) is 10.1. The van der Waals surface area contributed by atoms with Crippen molar-refractivity contribution >= 4 is 16.6 Å². The molecule has 70 valence electrons. The van der Waals surface area contributed by atoms with Gasteiger partial charge in [-0.1, -0.05) is 12.1 Å². The predicted molar refractivity (Wildman–Crippen MR) is 56.5 cm³/mol. The molecule has 0 saturated heterocycles. The largest absolute Gasteiger partial charge is 0.294 e. The summed E-state index contributed by atoms with van der Waals surface area (Å²) >= 11 is 0. The molecule has 0 fully saturated rings. The SMILES string of the molecule is CC(=O)c1c(C)ccc2cnccc12. The summed E-state index contributed by atoms with van der Waals surface area (Å²) in [6, 6.07) is 5.84. The number of carbonyl (C=O) groups is 1. The normalized spacial score (nSPS) is 10.4. The third kappa shape index (κ3) is 1.29. The first kappa shape index (κ1) is 8.88. The molecule has 1 aromatic heterocycles. The number of pyridine rings is 1. The number of ketones is 1. The maximum absolute atomic E-state index is 11.5. The van der Waals surface area contributed by atoms with Gasteiger partial charge in [0.15, 0.2) is 5.78 Å². The Kier molecular flexibility index (Phi) is 2.04. The van der Waals surface area contributed by atoms with E-state index in [-0.39, 0.29) is 5.78 Å². The van der Waals surface area contributed by atoms with Crippen LogP contribution in [0.3, 0.4) is 0 Å². The van der Waals surface area contributed by atoms with E-state index >= 15 is 0 Å². The third-order valence-corrected chi connectivity index (χ3v) is 2.38. The number of nitrogens with zero attached hydrogens (tertiary/aromatic N) is 1. The van der Waals surface area contributed by atoms with Gasteiger partial charge < -0.3 is 0 Å². The molecule has 1 heterocycles. The van der Waals surface area contributed by atoms with E-state index in [4.69, 9.17) is 0 Å². The number of Topliss-reactive ketones (excluding diaryl/α,β-unsaturated/α-hetero) is 1. The lowest BCUT2D eigenvalue weighted by molar-refractivity contribution is 0.101. The molecule has 14 heavy (non-hydrogen) atoms. The summed E-state index contributed by atoms with van der Waals surface area (Å²) in [5.41, 5.74) is 1.83. The molecule has 0 unspecified atom stereocenters. The van der Waals surface area contributed by atoms with Gasteiger partial charge in [-0.25, -0.2) is 0 Å². The fraction of sp³-hybridized carbons (Fsp3) is 0.167. The van der Waals surface area contributed by atoms with Gasteiger partial charge >= 0.3 is 0 Å². The highest BCUT2D eigenvalue weighted by Crippen LogP contribution is 2.21. The van der Waals surface area contributed by atoms with Gasteiger partial charge in [-0.05, 0) is 30.9 Å². The maximum atomic E-state index is 11.5. The average Bonchev–Trinajstić information content (AvgIpc) is 2.17. The van der Waals surface area contributed by atoms with Crippen LogP contribution in [0, 0.1) is 6.92 Å². The Hall–Kier alpha value is -1.70. The number of hydrogen-bond donors (Lipinski definition) is 0. The number of rotatable bonds is 1.